The number of nitrogens with zero attached hydrogens (tertiary/aromatic N) is 3. The van der Waals surface area contributed by atoms with Gasteiger partial charge in [0, 0.05) is 25.8 Å². The molecule has 1 fully saturated rings. The van der Waals surface area contributed by atoms with Gasteiger partial charge in [0.05, 0.1) is 23.9 Å². The Hall–Kier alpha value is -3.83. The number of anilines is 1. The minimum absolute atomic E-state index is 0.179. The molecule has 1 saturated heterocycles. The van der Waals surface area contributed by atoms with Crippen LogP contribution >= 0.6 is 50.9 Å². The van der Waals surface area contributed by atoms with Gasteiger partial charge >= 0.3 is 0 Å². The van der Waals surface area contributed by atoms with Gasteiger partial charge in [0.1, 0.15) is 11.5 Å². The highest BCUT2D eigenvalue weighted by Crippen LogP contribution is 2.36. The molecule has 1 aliphatic rings. The first-order valence-electron chi connectivity index (χ1n) is 12.4. The van der Waals surface area contributed by atoms with Crippen molar-refractivity contribution in [2.45, 2.75) is 6.54 Å². The zero-order valence-electron chi connectivity index (χ0n) is 21.7. The van der Waals surface area contributed by atoms with Gasteiger partial charge in [0.25, 0.3) is 11.8 Å². The van der Waals surface area contributed by atoms with Crippen molar-refractivity contribution in [3.63, 3.8) is 0 Å². The summed E-state index contributed by atoms with van der Waals surface area (Å²) >= 11 is 16.5. The van der Waals surface area contributed by atoms with Gasteiger partial charge in [-0.05, 0) is 90.1 Å². The molecule has 0 saturated carbocycles. The van der Waals surface area contributed by atoms with Crippen LogP contribution in [0.15, 0.2) is 109 Å². The summed E-state index contributed by atoms with van der Waals surface area (Å²) in [6.07, 6.45) is 4.82. The van der Waals surface area contributed by atoms with Crippen LogP contribution in [0.4, 0.5) is 5.69 Å². The molecule has 12 heteroatoms. The molecule has 0 atom stereocenters. The van der Waals surface area contributed by atoms with Gasteiger partial charge in [-0.15, -0.1) is 5.10 Å². The first kappa shape index (κ1) is 29.7. The summed E-state index contributed by atoms with van der Waals surface area (Å²) in [6.45, 7) is -0.0591. The Kier molecular flexibility index (Phi) is 9.81. The van der Waals surface area contributed by atoms with Crippen molar-refractivity contribution >= 4 is 85.9 Å². The smallest absolute Gasteiger partial charge is 0.267 e. The lowest BCUT2D eigenvalue weighted by Gasteiger charge is -2.13. The average molecular weight is 684 g/mol. The Morgan fingerprint density at radius 3 is 2.50 bits per heavy atom. The van der Waals surface area contributed by atoms with E-state index in [9.17, 15) is 9.59 Å². The lowest BCUT2D eigenvalue weighted by molar-refractivity contribution is -0.122. The Labute approximate surface area is 264 Å². The highest BCUT2D eigenvalue weighted by Gasteiger charge is 2.34. The summed E-state index contributed by atoms with van der Waals surface area (Å²) in [5.41, 5.74) is 2.01. The number of thioether (sulfide) groups is 1. The van der Waals surface area contributed by atoms with Crippen LogP contribution in [0.5, 0.6) is 5.75 Å². The monoisotopic (exact) mass is 682 g/mol. The van der Waals surface area contributed by atoms with E-state index in [4.69, 9.17) is 32.4 Å². The van der Waals surface area contributed by atoms with E-state index in [1.807, 2.05) is 12.1 Å². The van der Waals surface area contributed by atoms with Crippen LogP contribution in [-0.2, 0) is 16.1 Å². The molecule has 3 aromatic carbocycles. The third kappa shape index (κ3) is 7.92. The first-order chi connectivity index (χ1) is 20.3. The normalized spacial score (nSPS) is 15.2. The fourth-order valence-electron chi connectivity index (χ4n) is 3.75. The van der Waals surface area contributed by atoms with E-state index >= 15 is 0 Å². The molecule has 1 N–H and O–H groups in total. The topological polar surface area (TPSA) is 96.5 Å². The molecular formula is C30H21BrCl2N4O4S. The molecule has 0 aliphatic carbocycles. The van der Waals surface area contributed by atoms with Crippen molar-refractivity contribution in [3.05, 3.63) is 121 Å². The molecule has 0 radical (unpaired) electrons. The summed E-state index contributed by atoms with van der Waals surface area (Å²) in [4.78, 5) is 27.9. The van der Waals surface area contributed by atoms with Crippen LogP contribution in [0.2, 0.25) is 10.0 Å². The Balaban J connectivity index is 1.36. The number of amidine groups is 1. The van der Waals surface area contributed by atoms with Crippen molar-refractivity contribution in [1.82, 2.24) is 4.90 Å². The minimum Gasteiger partial charge on any atom is -0.483 e. The molecule has 4 aromatic rings. The van der Waals surface area contributed by atoms with Gasteiger partial charge in [0.15, 0.2) is 11.8 Å². The molecular weight excluding hydrogens is 663 g/mol. The van der Waals surface area contributed by atoms with E-state index in [0.29, 0.717) is 42.9 Å². The van der Waals surface area contributed by atoms with Crippen LogP contribution in [0.25, 0.3) is 6.08 Å². The summed E-state index contributed by atoms with van der Waals surface area (Å²) in [5.74, 6) is 0.401. The highest BCUT2D eigenvalue weighted by atomic mass is 79.9. The molecule has 2 heterocycles. The van der Waals surface area contributed by atoms with Crippen molar-refractivity contribution in [2.75, 3.05) is 11.9 Å². The number of halogens is 3. The van der Waals surface area contributed by atoms with Gasteiger partial charge < -0.3 is 14.5 Å². The third-order valence-corrected chi connectivity index (χ3v) is 7.74. The summed E-state index contributed by atoms with van der Waals surface area (Å²) in [7, 11) is 0. The Morgan fingerprint density at radius 1 is 1.05 bits per heavy atom. The van der Waals surface area contributed by atoms with Crippen molar-refractivity contribution in [3.8, 4) is 5.75 Å². The number of rotatable bonds is 9. The number of carbonyl (C=O) groups is 2. The predicted molar refractivity (Wildman–Crippen MR) is 171 cm³/mol. The van der Waals surface area contributed by atoms with Gasteiger partial charge in [-0.1, -0.05) is 51.3 Å². The number of hydrogen-bond acceptors (Lipinski definition) is 7. The standard InChI is InChI=1S/C30H21BrCl2N4O4S/c31-21-5-12-26(41-18-28(38)35-24-10-8-23(33)9-11-24)20(14-21)15-27-29(39)37(17-25-2-1-13-40-25)30(42-27)36-34-16-19-3-6-22(32)7-4-19/h1-16H,17-18H2,(H,35,38)/b27-15-,34-16+,36-30-. The molecule has 1 aliphatic heterocycles. The summed E-state index contributed by atoms with van der Waals surface area (Å²) < 4.78 is 12.1. The largest absolute Gasteiger partial charge is 0.483 e. The molecule has 42 heavy (non-hydrogen) atoms. The predicted octanol–water partition coefficient (Wildman–Crippen LogP) is 7.87. The van der Waals surface area contributed by atoms with Crippen LogP contribution in [0.3, 0.4) is 0 Å². The highest BCUT2D eigenvalue weighted by molar-refractivity contribution is 9.10. The SMILES string of the molecule is O=C(COc1ccc(Br)cc1/C=C1\S/C(=N\N=C\c2ccc(Cl)cc2)N(Cc2ccco2)C1=O)Nc1ccc(Cl)cc1. The second kappa shape index (κ2) is 13.9. The second-order valence-corrected chi connectivity index (χ2v) is 11.6. The number of carbonyl (C=O) groups excluding carboxylic acids is 2. The maximum Gasteiger partial charge on any atom is 0.267 e. The molecule has 5 rings (SSSR count). The summed E-state index contributed by atoms with van der Waals surface area (Å²) in [5, 5.41) is 12.8. The number of benzene rings is 3. The minimum atomic E-state index is -0.345. The van der Waals surface area contributed by atoms with E-state index in [-0.39, 0.29) is 25.0 Å². The van der Waals surface area contributed by atoms with E-state index in [2.05, 4.69) is 31.4 Å². The lowest BCUT2D eigenvalue weighted by Crippen LogP contribution is -2.28. The molecule has 0 unspecified atom stereocenters. The van der Waals surface area contributed by atoms with Crippen LogP contribution in [0, 0.1) is 0 Å². The first-order valence-corrected chi connectivity index (χ1v) is 14.8. The maximum absolute atomic E-state index is 13.5. The average Bonchev–Trinajstić information content (AvgIpc) is 3.59. The maximum atomic E-state index is 13.5. The van der Waals surface area contributed by atoms with Crippen molar-refractivity contribution in [1.29, 1.82) is 0 Å². The van der Waals surface area contributed by atoms with Crippen LogP contribution in [-0.4, -0.2) is 34.7 Å². The fraction of sp³-hybridized carbons (Fsp3) is 0.0667. The van der Waals surface area contributed by atoms with Crippen molar-refractivity contribution in [2.24, 2.45) is 10.2 Å². The summed E-state index contributed by atoms with van der Waals surface area (Å²) in [6, 6.07) is 22.8. The number of ether oxygens (including phenoxy) is 1. The van der Waals surface area contributed by atoms with Crippen molar-refractivity contribution < 1.29 is 18.7 Å². The molecule has 212 valence electrons. The van der Waals surface area contributed by atoms with Crippen LogP contribution in [0.1, 0.15) is 16.9 Å². The quantitative estimate of drug-likeness (QED) is 0.110. The van der Waals surface area contributed by atoms with E-state index < -0.39 is 0 Å². The van der Waals surface area contributed by atoms with Gasteiger partial charge in [-0.3, -0.25) is 14.5 Å². The van der Waals surface area contributed by atoms with E-state index in [0.717, 1.165) is 10.0 Å². The fourth-order valence-corrected chi connectivity index (χ4v) is 5.31. The number of furan rings is 1. The molecule has 1 aromatic heterocycles. The lowest BCUT2D eigenvalue weighted by atomic mass is 10.2. The Morgan fingerprint density at radius 2 is 1.79 bits per heavy atom. The third-order valence-electron chi connectivity index (χ3n) is 5.75. The van der Waals surface area contributed by atoms with Gasteiger partial charge in [-0.2, -0.15) is 5.10 Å². The van der Waals surface area contributed by atoms with E-state index in [1.165, 1.54) is 16.7 Å². The number of hydrogen-bond donors (Lipinski definition) is 1. The zero-order valence-corrected chi connectivity index (χ0v) is 25.6. The second-order valence-electron chi connectivity index (χ2n) is 8.79. The zero-order chi connectivity index (χ0) is 29.5. The number of amides is 2. The number of nitrogens with one attached hydrogen (secondary N) is 1. The van der Waals surface area contributed by atoms with Gasteiger partial charge in [0.2, 0.25) is 0 Å². The molecule has 2 amide bonds. The molecule has 0 spiro atoms. The molecule has 8 nitrogen and oxygen atoms in total. The Bertz CT molecular complexity index is 1670. The van der Waals surface area contributed by atoms with Crippen LogP contribution < -0.4 is 10.1 Å². The van der Waals surface area contributed by atoms with E-state index in [1.54, 1.807) is 85.3 Å². The van der Waals surface area contributed by atoms with Gasteiger partial charge in [-0.25, -0.2) is 0 Å². The molecule has 0 bridgehead atoms.